The van der Waals surface area contributed by atoms with Gasteiger partial charge >= 0.3 is 5.97 Å². The number of benzene rings is 1. The highest BCUT2D eigenvalue weighted by Gasteiger charge is 2.26. The number of furan rings is 1. The Labute approximate surface area is 120 Å². The van der Waals surface area contributed by atoms with Crippen LogP contribution in [-0.4, -0.2) is 31.3 Å². The number of carbonyl (C=O) groups is 1. The Hall–Kier alpha value is -2.70. The van der Waals surface area contributed by atoms with E-state index in [1.807, 2.05) is 24.3 Å². The van der Waals surface area contributed by atoms with Gasteiger partial charge in [0.15, 0.2) is 5.82 Å². The molecule has 2 unspecified atom stereocenters. The van der Waals surface area contributed by atoms with Crippen molar-refractivity contribution in [3.63, 3.8) is 0 Å². The van der Waals surface area contributed by atoms with Gasteiger partial charge in [0, 0.05) is 5.39 Å². The third kappa shape index (κ3) is 2.16. The maximum atomic E-state index is 11.1. The van der Waals surface area contributed by atoms with Gasteiger partial charge in [0.25, 0.3) is 0 Å². The van der Waals surface area contributed by atoms with Gasteiger partial charge in [0.2, 0.25) is 0 Å². The van der Waals surface area contributed by atoms with E-state index in [4.69, 9.17) is 9.52 Å². The minimum atomic E-state index is -0.888. The molecule has 0 saturated carbocycles. The van der Waals surface area contributed by atoms with E-state index in [0.717, 1.165) is 16.5 Å². The quantitative estimate of drug-likeness (QED) is 0.791. The fraction of sp³-hybridized carbons (Fsp3) is 0.286. The molecule has 7 heteroatoms. The van der Waals surface area contributed by atoms with E-state index < -0.39 is 11.9 Å². The zero-order valence-corrected chi connectivity index (χ0v) is 11.6. The number of hydrogen-bond donors (Lipinski definition) is 1. The molecule has 0 amide bonds. The molecule has 0 saturated heterocycles. The van der Waals surface area contributed by atoms with Crippen LogP contribution in [0.15, 0.2) is 34.9 Å². The Kier molecular flexibility index (Phi) is 3.17. The first kappa shape index (κ1) is 13.3. The van der Waals surface area contributed by atoms with E-state index in [-0.39, 0.29) is 6.04 Å². The van der Waals surface area contributed by atoms with Gasteiger partial charge in [-0.15, -0.1) is 5.10 Å². The number of hydrogen-bond acceptors (Lipinski definition) is 5. The summed E-state index contributed by atoms with van der Waals surface area (Å²) in [5.74, 6) is -0.994. The lowest BCUT2D eigenvalue weighted by molar-refractivity contribution is -0.142. The lowest BCUT2D eigenvalue weighted by Crippen LogP contribution is -2.23. The molecule has 0 aliphatic heterocycles. The third-order valence-electron chi connectivity index (χ3n) is 3.71. The van der Waals surface area contributed by atoms with Crippen LogP contribution in [0, 0.1) is 5.92 Å². The topological polar surface area (TPSA) is 94.0 Å². The van der Waals surface area contributed by atoms with Crippen molar-refractivity contribution in [2.24, 2.45) is 5.92 Å². The first-order chi connectivity index (χ1) is 10.1. The van der Waals surface area contributed by atoms with Crippen molar-refractivity contribution in [1.82, 2.24) is 20.2 Å². The second kappa shape index (κ2) is 5.01. The second-order valence-electron chi connectivity index (χ2n) is 4.96. The molecule has 1 N–H and O–H groups in total. The first-order valence-electron chi connectivity index (χ1n) is 6.57. The summed E-state index contributed by atoms with van der Waals surface area (Å²) in [6, 6.07) is 7.18. The van der Waals surface area contributed by atoms with Gasteiger partial charge in [0.05, 0.1) is 17.5 Å². The lowest BCUT2D eigenvalue weighted by Gasteiger charge is -2.16. The molecule has 3 aromatic rings. The van der Waals surface area contributed by atoms with Gasteiger partial charge in [-0.3, -0.25) is 4.79 Å². The van der Waals surface area contributed by atoms with E-state index >= 15 is 0 Å². The van der Waals surface area contributed by atoms with Gasteiger partial charge < -0.3 is 9.52 Å². The highest BCUT2D eigenvalue weighted by molar-refractivity contribution is 5.91. The first-order valence-corrected chi connectivity index (χ1v) is 6.57. The summed E-state index contributed by atoms with van der Waals surface area (Å²) in [4.78, 5) is 11.1. The zero-order chi connectivity index (χ0) is 15.0. The van der Waals surface area contributed by atoms with E-state index in [1.165, 1.54) is 4.68 Å². The summed E-state index contributed by atoms with van der Waals surface area (Å²) >= 11 is 0. The predicted molar refractivity (Wildman–Crippen MR) is 74.5 cm³/mol. The molecule has 21 heavy (non-hydrogen) atoms. The normalized spacial score (nSPS) is 14.2. The summed E-state index contributed by atoms with van der Waals surface area (Å²) in [5, 5.41) is 21.7. The molecule has 0 bridgehead atoms. The molecule has 2 atom stereocenters. The number of para-hydroxylation sites is 1. The third-order valence-corrected chi connectivity index (χ3v) is 3.71. The van der Waals surface area contributed by atoms with Crippen molar-refractivity contribution in [3.8, 4) is 11.4 Å². The van der Waals surface area contributed by atoms with Crippen molar-refractivity contribution >= 4 is 16.9 Å². The number of carboxylic acid groups (broad SMARTS) is 1. The summed E-state index contributed by atoms with van der Waals surface area (Å²) in [6.07, 6.45) is 1.59. The van der Waals surface area contributed by atoms with Crippen LogP contribution in [0.25, 0.3) is 22.4 Å². The Morgan fingerprint density at radius 3 is 2.86 bits per heavy atom. The number of carboxylic acids is 1. The molecule has 0 aliphatic rings. The standard InChI is InChI=1S/C14H14N4O3/c1-8(14(19)20)9(2)18-13(15-16-17-18)11-7-21-12-6-4-3-5-10(11)12/h3-9H,1-2H3,(H,19,20). The van der Waals surface area contributed by atoms with Crippen LogP contribution in [0.3, 0.4) is 0 Å². The number of aromatic nitrogens is 4. The number of aliphatic carboxylic acids is 1. The molecular formula is C14H14N4O3. The molecule has 0 fully saturated rings. The van der Waals surface area contributed by atoms with E-state index in [2.05, 4.69) is 15.5 Å². The Morgan fingerprint density at radius 1 is 1.33 bits per heavy atom. The molecule has 0 spiro atoms. The van der Waals surface area contributed by atoms with Gasteiger partial charge in [0.1, 0.15) is 11.8 Å². The van der Waals surface area contributed by atoms with Crippen LogP contribution >= 0.6 is 0 Å². The van der Waals surface area contributed by atoms with Crippen LogP contribution in [0.5, 0.6) is 0 Å². The molecular weight excluding hydrogens is 272 g/mol. The Balaban J connectivity index is 2.09. The Morgan fingerprint density at radius 2 is 2.10 bits per heavy atom. The number of rotatable bonds is 4. The van der Waals surface area contributed by atoms with E-state index in [1.54, 1.807) is 20.1 Å². The lowest BCUT2D eigenvalue weighted by atomic mass is 10.0. The Bertz CT molecular complexity index is 792. The van der Waals surface area contributed by atoms with E-state index in [9.17, 15) is 4.79 Å². The predicted octanol–water partition coefficient (Wildman–Crippen LogP) is 2.37. The minimum absolute atomic E-state index is 0.374. The summed E-state index contributed by atoms with van der Waals surface area (Å²) in [5.41, 5.74) is 1.49. The summed E-state index contributed by atoms with van der Waals surface area (Å²) in [6.45, 7) is 3.41. The van der Waals surface area contributed by atoms with Crippen LogP contribution < -0.4 is 0 Å². The second-order valence-corrected chi connectivity index (χ2v) is 4.96. The molecule has 7 nitrogen and oxygen atoms in total. The van der Waals surface area contributed by atoms with Crippen molar-refractivity contribution in [2.75, 3.05) is 0 Å². The van der Waals surface area contributed by atoms with Crippen LogP contribution in [0.4, 0.5) is 0 Å². The molecule has 2 heterocycles. The fourth-order valence-electron chi connectivity index (χ4n) is 2.21. The maximum Gasteiger partial charge on any atom is 0.308 e. The van der Waals surface area contributed by atoms with Crippen LogP contribution in [0.1, 0.15) is 19.9 Å². The zero-order valence-electron chi connectivity index (χ0n) is 11.6. The molecule has 1 aromatic carbocycles. The number of tetrazole rings is 1. The van der Waals surface area contributed by atoms with Crippen molar-refractivity contribution in [2.45, 2.75) is 19.9 Å². The van der Waals surface area contributed by atoms with Gasteiger partial charge in [-0.2, -0.15) is 0 Å². The smallest absolute Gasteiger partial charge is 0.308 e. The minimum Gasteiger partial charge on any atom is -0.481 e. The molecule has 108 valence electrons. The molecule has 0 aliphatic carbocycles. The van der Waals surface area contributed by atoms with Crippen molar-refractivity contribution < 1.29 is 14.3 Å². The van der Waals surface area contributed by atoms with Gasteiger partial charge in [-0.05, 0) is 30.3 Å². The van der Waals surface area contributed by atoms with Crippen molar-refractivity contribution in [1.29, 1.82) is 0 Å². The molecule has 0 radical (unpaired) electrons. The SMILES string of the molecule is CC(C(=O)O)C(C)n1nnnc1-c1coc2ccccc12. The van der Waals surface area contributed by atoms with Crippen LogP contribution in [0.2, 0.25) is 0 Å². The highest BCUT2D eigenvalue weighted by Crippen LogP contribution is 2.31. The average Bonchev–Trinajstić information content (AvgIpc) is 3.11. The van der Waals surface area contributed by atoms with Crippen LogP contribution in [-0.2, 0) is 4.79 Å². The number of fused-ring (bicyclic) bond motifs is 1. The van der Waals surface area contributed by atoms with Gasteiger partial charge in [-0.25, -0.2) is 4.68 Å². The monoisotopic (exact) mass is 286 g/mol. The average molecular weight is 286 g/mol. The molecule has 3 rings (SSSR count). The largest absolute Gasteiger partial charge is 0.481 e. The van der Waals surface area contributed by atoms with Gasteiger partial charge in [-0.1, -0.05) is 18.2 Å². The van der Waals surface area contributed by atoms with Crippen molar-refractivity contribution in [3.05, 3.63) is 30.5 Å². The fourth-order valence-corrected chi connectivity index (χ4v) is 2.21. The summed E-state index contributed by atoms with van der Waals surface area (Å²) < 4.78 is 7.01. The van der Waals surface area contributed by atoms with E-state index in [0.29, 0.717) is 5.82 Å². The highest BCUT2D eigenvalue weighted by atomic mass is 16.4. The maximum absolute atomic E-state index is 11.1. The summed E-state index contributed by atoms with van der Waals surface area (Å²) in [7, 11) is 0. The number of nitrogens with zero attached hydrogens (tertiary/aromatic N) is 4. The molecule has 2 aromatic heterocycles.